The molecule has 130 valence electrons. The van der Waals surface area contributed by atoms with E-state index in [-0.39, 0.29) is 29.2 Å². The van der Waals surface area contributed by atoms with E-state index < -0.39 is 28.6 Å². The van der Waals surface area contributed by atoms with Crippen molar-refractivity contribution >= 4 is 29.1 Å². The summed E-state index contributed by atoms with van der Waals surface area (Å²) in [5.74, 6) is -1.23. The summed E-state index contributed by atoms with van der Waals surface area (Å²) in [5, 5.41) is -0.511. The number of ether oxygens (including phenoxy) is 1. The van der Waals surface area contributed by atoms with Crippen LogP contribution in [0.4, 0.5) is 18.9 Å². The summed E-state index contributed by atoms with van der Waals surface area (Å²) >= 11 is 5.59. The predicted molar refractivity (Wildman–Crippen MR) is 85.2 cm³/mol. The van der Waals surface area contributed by atoms with Gasteiger partial charge >= 0.3 is 6.18 Å². The van der Waals surface area contributed by atoms with Crippen LogP contribution in [0.1, 0.15) is 33.2 Å². The van der Waals surface area contributed by atoms with Crippen LogP contribution in [0.25, 0.3) is 0 Å². The van der Waals surface area contributed by atoms with Crippen LogP contribution in [0.2, 0.25) is 5.02 Å². The quantitative estimate of drug-likeness (QED) is 0.745. The third kappa shape index (κ3) is 2.84. The van der Waals surface area contributed by atoms with Gasteiger partial charge in [0.25, 0.3) is 11.8 Å². The zero-order valence-corrected chi connectivity index (χ0v) is 13.6. The molecule has 0 aromatic heterocycles. The second-order valence-electron chi connectivity index (χ2n) is 5.22. The molecule has 25 heavy (non-hydrogen) atoms. The molecular formula is C17H11ClF3NO3. The van der Waals surface area contributed by atoms with Crippen LogP contribution in [0.15, 0.2) is 36.4 Å². The van der Waals surface area contributed by atoms with Crippen molar-refractivity contribution in [2.24, 2.45) is 0 Å². The average Bonchev–Trinajstić information content (AvgIpc) is 2.80. The molecule has 0 atom stereocenters. The van der Waals surface area contributed by atoms with Crippen molar-refractivity contribution in [1.82, 2.24) is 0 Å². The fourth-order valence-corrected chi connectivity index (χ4v) is 2.86. The zero-order valence-electron chi connectivity index (χ0n) is 12.9. The van der Waals surface area contributed by atoms with E-state index in [2.05, 4.69) is 0 Å². The van der Waals surface area contributed by atoms with Gasteiger partial charge in [0.2, 0.25) is 0 Å². The van der Waals surface area contributed by atoms with E-state index >= 15 is 0 Å². The zero-order chi connectivity index (χ0) is 18.4. The van der Waals surface area contributed by atoms with Gasteiger partial charge in [0.05, 0.1) is 34.0 Å². The Labute approximate surface area is 145 Å². The van der Waals surface area contributed by atoms with Crippen LogP contribution in [-0.2, 0) is 6.18 Å². The number of carbonyl (C=O) groups is 2. The van der Waals surface area contributed by atoms with E-state index in [1.165, 1.54) is 18.2 Å². The van der Waals surface area contributed by atoms with Gasteiger partial charge < -0.3 is 4.74 Å². The van der Waals surface area contributed by atoms with Crippen LogP contribution in [0.5, 0.6) is 5.75 Å². The van der Waals surface area contributed by atoms with E-state index in [0.717, 1.165) is 6.07 Å². The van der Waals surface area contributed by atoms with E-state index in [9.17, 15) is 22.8 Å². The van der Waals surface area contributed by atoms with E-state index in [1.54, 1.807) is 13.0 Å². The number of imide groups is 1. The van der Waals surface area contributed by atoms with Crippen LogP contribution < -0.4 is 9.64 Å². The molecule has 0 saturated carbocycles. The minimum Gasteiger partial charge on any atom is -0.493 e. The number of fused-ring (bicyclic) bond motifs is 1. The second kappa shape index (κ2) is 6.07. The summed E-state index contributed by atoms with van der Waals surface area (Å²) in [6.45, 7) is 1.99. The maximum Gasteiger partial charge on any atom is 0.417 e. The number of hydrogen-bond donors (Lipinski definition) is 0. The topological polar surface area (TPSA) is 46.6 Å². The summed E-state index contributed by atoms with van der Waals surface area (Å²) in [4.78, 5) is 25.9. The van der Waals surface area contributed by atoms with Gasteiger partial charge in [0.1, 0.15) is 5.75 Å². The lowest BCUT2D eigenvalue weighted by Crippen LogP contribution is -2.29. The highest BCUT2D eigenvalue weighted by molar-refractivity contribution is 6.35. The van der Waals surface area contributed by atoms with Crippen LogP contribution in [0.3, 0.4) is 0 Å². The van der Waals surface area contributed by atoms with Gasteiger partial charge in [-0.05, 0) is 37.3 Å². The minimum atomic E-state index is -4.71. The van der Waals surface area contributed by atoms with Crippen molar-refractivity contribution < 1.29 is 27.5 Å². The molecule has 4 nitrogen and oxygen atoms in total. The normalized spacial score (nSPS) is 14.0. The number of hydrogen-bond acceptors (Lipinski definition) is 3. The Bertz CT molecular complexity index is 880. The first kappa shape index (κ1) is 17.3. The van der Waals surface area contributed by atoms with Gasteiger partial charge in [-0.1, -0.05) is 17.7 Å². The first-order chi connectivity index (χ1) is 11.8. The van der Waals surface area contributed by atoms with Gasteiger partial charge in [-0.2, -0.15) is 13.2 Å². The van der Waals surface area contributed by atoms with Crippen LogP contribution in [0, 0.1) is 0 Å². The summed E-state index contributed by atoms with van der Waals surface area (Å²) in [6.07, 6.45) is -4.71. The predicted octanol–water partition coefficient (Wildman–Crippen LogP) is 4.56. The fraction of sp³-hybridized carbons (Fsp3) is 0.176. The number of carbonyl (C=O) groups excluding carboxylic acids is 2. The van der Waals surface area contributed by atoms with Crippen LogP contribution in [-0.4, -0.2) is 18.4 Å². The summed E-state index contributed by atoms with van der Waals surface area (Å²) in [5.41, 5.74) is -1.20. The van der Waals surface area contributed by atoms with E-state index in [0.29, 0.717) is 11.0 Å². The summed E-state index contributed by atoms with van der Waals surface area (Å²) in [7, 11) is 0. The Morgan fingerprint density at radius 1 is 1.12 bits per heavy atom. The molecule has 0 bridgehead atoms. The SMILES string of the molecule is CCOc1cccc2c1C(=O)N(c1ccc(Cl)c(C(F)(F)F)c1)C2=O. The van der Waals surface area contributed by atoms with Crippen molar-refractivity contribution in [3.8, 4) is 5.75 Å². The third-order valence-corrected chi connectivity index (χ3v) is 4.02. The first-order valence-corrected chi connectivity index (χ1v) is 7.64. The van der Waals surface area contributed by atoms with Crippen molar-refractivity contribution in [3.05, 3.63) is 58.1 Å². The highest BCUT2D eigenvalue weighted by Crippen LogP contribution is 2.39. The Hall–Kier alpha value is -2.54. The number of rotatable bonds is 3. The monoisotopic (exact) mass is 369 g/mol. The van der Waals surface area contributed by atoms with E-state index in [1.807, 2.05) is 0 Å². The lowest BCUT2D eigenvalue weighted by atomic mass is 10.1. The van der Waals surface area contributed by atoms with Crippen molar-refractivity contribution in [1.29, 1.82) is 0 Å². The number of nitrogens with zero attached hydrogens (tertiary/aromatic N) is 1. The molecule has 2 amide bonds. The van der Waals surface area contributed by atoms with Crippen molar-refractivity contribution in [2.75, 3.05) is 11.5 Å². The number of alkyl halides is 3. The smallest absolute Gasteiger partial charge is 0.417 e. The van der Waals surface area contributed by atoms with Gasteiger partial charge in [-0.15, -0.1) is 0 Å². The number of anilines is 1. The number of benzene rings is 2. The van der Waals surface area contributed by atoms with Gasteiger partial charge in [0.15, 0.2) is 0 Å². The standard InChI is InChI=1S/C17H11ClF3NO3/c1-2-25-13-5-3-4-10-14(13)16(24)22(15(10)23)9-6-7-12(18)11(8-9)17(19,20)21/h3-8H,2H2,1H3. The van der Waals surface area contributed by atoms with Gasteiger partial charge in [-0.25, -0.2) is 4.90 Å². The lowest BCUT2D eigenvalue weighted by molar-refractivity contribution is -0.137. The van der Waals surface area contributed by atoms with Crippen LogP contribution >= 0.6 is 11.6 Å². The lowest BCUT2D eigenvalue weighted by Gasteiger charge is -2.17. The highest BCUT2D eigenvalue weighted by Gasteiger charge is 2.41. The molecule has 0 unspecified atom stereocenters. The molecule has 2 aromatic rings. The van der Waals surface area contributed by atoms with Gasteiger partial charge in [-0.3, -0.25) is 9.59 Å². The Morgan fingerprint density at radius 3 is 2.48 bits per heavy atom. The molecule has 1 aliphatic rings. The molecule has 0 fully saturated rings. The maximum absolute atomic E-state index is 13.0. The molecule has 1 aliphatic heterocycles. The highest BCUT2D eigenvalue weighted by atomic mass is 35.5. The number of halogens is 4. The first-order valence-electron chi connectivity index (χ1n) is 7.27. The summed E-state index contributed by atoms with van der Waals surface area (Å²) < 4.78 is 44.5. The minimum absolute atomic E-state index is 0.0397. The largest absolute Gasteiger partial charge is 0.493 e. The average molecular weight is 370 g/mol. The molecule has 0 aliphatic carbocycles. The molecule has 3 rings (SSSR count). The Morgan fingerprint density at radius 2 is 1.84 bits per heavy atom. The van der Waals surface area contributed by atoms with Crippen molar-refractivity contribution in [3.63, 3.8) is 0 Å². The molecule has 2 aromatic carbocycles. The van der Waals surface area contributed by atoms with Crippen molar-refractivity contribution in [2.45, 2.75) is 13.1 Å². The maximum atomic E-state index is 13.0. The molecule has 8 heteroatoms. The van der Waals surface area contributed by atoms with Gasteiger partial charge in [0, 0.05) is 0 Å². The molecule has 0 saturated heterocycles. The second-order valence-corrected chi connectivity index (χ2v) is 5.63. The molecule has 0 radical (unpaired) electrons. The Balaban J connectivity index is 2.10. The molecule has 0 N–H and O–H groups in total. The fourth-order valence-electron chi connectivity index (χ4n) is 2.63. The molecule has 1 heterocycles. The number of amides is 2. The Kier molecular flexibility index (Phi) is 4.20. The molecular weight excluding hydrogens is 359 g/mol. The van der Waals surface area contributed by atoms with E-state index in [4.69, 9.17) is 16.3 Å². The molecule has 0 spiro atoms. The third-order valence-electron chi connectivity index (χ3n) is 3.69. The summed E-state index contributed by atoms with van der Waals surface area (Å²) in [6, 6.07) is 7.39.